The number of alkyl halides is 1. The predicted molar refractivity (Wildman–Crippen MR) is 109 cm³/mol. The molecule has 29 heavy (non-hydrogen) atoms. The van der Waals surface area contributed by atoms with E-state index in [1.165, 1.54) is 6.92 Å². The van der Waals surface area contributed by atoms with Gasteiger partial charge in [-0.15, -0.1) is 0 Å². The first kappa shape index (κ1) is 21.6. The second-order valence-corrected chi connectivity index (χ2v) is 11.5. The third-order valence-corrected chi connectivity index (χ3v) is 9.43. The topological polar surface area (TPSA) is 104 Å². The van der Waals surface area contributed by atoms with Crippen LogP contribution in [-0.2, 0) is 14.3 Å². The Bertz CT molecular complexity index is 794. The molecular weight excluding hydrogens is 440 g/mol. The molecule has 5 aliphatic rings. The SMILES string of the molecule is C=C(C)[C@@H]1CC[C@H]2[C@@]34CO[C@@](O)([C@@H](O)[C@@H]3C(C)(C)CC(Br)C4=O)[C@@]2(C(C)=O)[C@@H]1O. The van der Waals surface area contributed by atoms with E-state index >= 15 is 0 Å². The van der Waals surface area contributed by atoms with Crippen molar-refractivity contribution in [3.63, 3.8) is 0 Å². The molecule has 7 heteroatoms. The maximum Gasteiger partial charge on any atom is 0.208 e. The van der Waals surface area contributed by atoms with Crippen LogP contribution in [0.5, 0.6) is 0 Å². The number of carbonyl (C=O) groups excluding carboxylic acids is 2. The second-order valence-electron chi connectivity index (χ2n) is 10.4. The summed E-state index contributed by atoms with van der Waals surface area (Å²) in [6.45, 7) is 11.0. The van der Waals surface area contributed by atoms with E-state index in [1.807, 2.05) is 13.8 Å². The largest absolute Gasteiger partial charge is 0.391 e. The highest BCUT2D eigenvalue weighted by atomic mass is 79.9. The van der Waals surface area contributed by atoms with Crippen molar-refractivity contribution in [3.05, 3.63) is 12.2 Å². The first-order valence-electron chi connectivity index (χ1n) is 10.4. The van der Waals surface area contributed by atoms with Crippen LogP contribution in [0.15, 0.2) is 12.2 Å². The number of fused-ring (bicyclic) bond motifs is 1. The minimum absolute atomic E-state index is 0.0558. The molecule has 0 aromatic carbocycles. The minimum Gasteiger partial charge on any atom is -0.391 e. The monoisotopic (exact) mass is 470 g/mol. The molecule has 0 aromatic rings. The molecule has 2 heterocycles. The molecule has 1 spiro atoms. The van der Waals surface area contributed by atoms with E-state index in [4.69, 9.17) is 4.74 Å². The quantitative estimate of drug-likeness (QED) is 0.421. The molecule has 1 unspecified atom stereocenters. The summed E-state index contributed by atoms with van der Waals surface area (Å²) in [6, 6.07) is 0. The van der Waals surface area contributed by atoms with Gasteiger partial charge in [-0.25, -0.2) is 0 Å². The Balaban J connectivity index is 2.02. The third kappa shape index (κ3) is 2.21. The summed E-state index contributed by atoms with van der Waals surface area (Å²) in [7, 11) is 0. The van der Waals surface area contributed by atoms with Crippen molar-refractivity contribution in [2.45, 2.75) is 69.8 Å². The zero-order chi connectivity index (χ0) is 21.7. The van der Waals surface area contributed by atoms with Crippen molar-refractivity contribution in [3.8, 4) is 0 Å². The Morgan fingerprint density at radius 3 is 2.38 bits per heavy atom. The molecule has 5 fully saturated rings. The van der Waals surface area contributed by atoms with Gasteiger partial charge in [-0.2, -0.15) is 0 Å². The van der Waals surface area contributed by atoms with E-state index in [2.05, 4.69) is 22.5 Å². The van der Waals surface area contributed by atoms with Gasteiger partial charge in [0.15, 0.2) is 5.78 Å². The molecule has 2 saturated heterocycles. The van der Waals surface area contributed by atoms with Gasteiger partial charge in [0.05, 0.1) is 23.0 Å². The number of ketones is 2. The summed E-state index contributed by atoms with van der Waals surface area (Å²) in [5, 5.41) is 34.7. The van der Waals surface area contributed by atoms with Crippen molar-refractivity contribution in [1.29, 1.82) is 0 Å². The first-order chi connectivity index (χ1) is 13.3. The highest BCUT2D eigenvalue weighted by Crippen LogP contribution is 2.73. The molecule has 3 saturated carbocycles. The molecule has 0 amide bonds. The van der Waals surface area contributed by atoms with Crippen molar-refractivity contribution >= 4 is 27.5 Å². The van der Waals surface area contributed by atoms with Gasteiger partial charge in [0.2, 0.25) is 5.79 Å². The van der Waals surface area contributed by atoms with Gasteiger partial charge in [0.1, 0.15) is 17.3 Å². The molecule has 3 N–H and O–H groups in total. The molecular formula is C22H31BrO6. The van der Waals surface area contributed by atoms with Gasteiger partial charge in [-0.05, 0) is 44.4 Å². The third-order valence-electron chi connectivity index (χ3n) is 8.69. The molecule has 162 valence electrons. The van der Waals surface area contributed by atoms with Crippen LogP contribution in [-0.4, -0.2) is 56.3 Å². The van der Waals surface area contributed by atoms with Crippen molar-refractivity contribution < 1.29 is 29.6 Å². The van der Waals surface area contributed by atoms with Gasteiger partial charge in [0, 0.05) is 11.8 Å². The average molecular weight is 471 g/mol. The Morgan fingerprint density at radius 1 is 1.21 bits per heavy atom. The van der Waals surface area contributed by atoms with E-state index in [0.29, 0.717) is 24.8 Å². The zero-order valence-corrected chi connectivity index (χ0v) is 19.0. The van der Waals surface area contributed by atoms with Gasteiger partial charge < -0.3 is 20.1 Å². The number of rotatable bonds is 2. The molecule has 0 aromatic heterocycles. The fourth-order valence-electron chi connectivity index (χ4n) is 7.69. The second kappa shape index (κ2) is 6.22. The van der Waals surface area contributed by atoms with E-state index in [-0.39, 0.29) is 12.4 Å². The van der Waals surface area contributed by atoms with Gasteiger partial charge in [-0.3, -0.25) is 9.59 Å². The number of ether oxygens (including phenoxy) is 1. The van der Waals surface area contributed by atoms with Crippen LogP contribution in [0, 0.1) is 34.0 Å². The molecule has 9 atom stereocenters. The Morgan fingerprint density at radius 2 is 1.83 bits per heavy atom. The van der Waals surface area contributed by atoms with Gasteiger partial charge >= 0.3 is 0 Å². The average Bonchev–Trinajstić information content (AvgIpc) is 2.60. The Labute approximate surface area is 179 Å². The molecule has 2 bridgehead atoms. The lowest BCUT2D eigenvalue weighted by atomic mass is 9.34. The fourth-order valence-corrected chi connectivity index (χ4v) is 8.95. The van der Waals surface area contributed by atoms with Crippen LogP contribution in [0.2, 0.25) is 0 Å². The number of aliphatic hydroxyl groups is 3. The summed E-state index contributed by atoms with van der Waals surface area (Å²) in [5.74, 6) is -4.41. The van der Waals surface area contributed by atoms with Crippen LogP contribution in [0.25, 0.3) is 0 Å². The highest BCUT2D eigenvalue weighted by molar-refractivity contribution is 9.10. The summed E-state index contributed by atoms with van der Waals surface area (Å²) in [5.41, 5.74) is -2.69. The van der Waals surface area contributed by atoms with Crippen molar-refractivity contribution in [2.24, 2.45) is 34.0 Å². The maximum absolute atomic E-state index is 13.7. The van der Waals surface area contributed by atoms with Crippen LogP contribution in [0.3, 0.4) is 0 Å². The number of hydrogen-bond acceptors (Lipinski definition) is 6. The van der Waals surface area contributed by atoms with E-state index in [0.717, 1.165) is 0 Å². The molecule has 5 rings (SSSR count). The van der Waals surface area contributed by atoms with E-state index < -0.39 is 62.6 Å². The maximum atomic E-state index is 13.7. The van der Waals surface area contributed by atoms with Crippen LogP contribution >= 0.6 is 15.9 Å². The van der Waals surface area contributed by atoms with Crippen molar-refractivity contribution in [2.75, 3.05) is 6.61 Å². The van der Waals surface area contributed by atoms with E-state index in [1.54, 1.807) is 6.92 Å². The first-order valence-corrected chi connectivity index (χ1v) is 11.3. The number of halogens is 1. The van der Waals surface area contributed by atoms with Gasteiger partial charge in [-0.1, -0.05) is 41.9 Å². The van der Waals surface area contributed by atoms with Crippen LogP contribution in [0.4, 0.5) is 0 Å². The number of aliphatic hydroxyl groups excluding tert-OH is 2. The number of carbonyl (C=O) groups is 2. The lowest BCUT2D eigenvalue weighted by molar-refractivity contribution is -0.441. The fraction of sp³-hybridized carbons (Fsp3) is 0.818. The summed E-state index contributed by atoms with van der Waals surface area (Å²) >= 11 is 3.53. The normalized spacial score (nSPS) is 53.2. The summed E-state index contributed by atoms with van der Waals surface area (Å²) in [6.07, 6.45) is -1.20. The smallest absolute Gasteiger partial charge is 0.208 e. The highest BCUT2D eigenvalue weighted by Gasteiger charge is 2.85. The zero-order valence-electron chi connectivity index (χ0n) is 17.4. The minimum atomic E-state index is -2.25. The predicted octanol–water partition coefficient (Wildman–Crippen LogP) is 1.98. The molecule has 0 radical (unpaired) electrons. The van der Waals surface area contributed by atoms with Gasteiger partial charge in [0.25, 0.3) is 0 Å². The standard InChI is InChI=1S/C22H31BrO6/c1-10(2)12-6-7-14-20-9-29-22(28,21(14,11(3)24)16(12)25)18(27)15(20)19(4,5)8-13(23)17(20)26/h12-16,18,25,27-28H,1,6-9H2,2-5H3/t12-,13?,14-,15+,16+,18-,20-,21+,22-/m0/s1. The lowest BCUT2D eigenvalue weighted by Gasteiger charge is -2.74. The molecule has 6 nitrogen and oxygen atoms in total. The van der Waals surface area contributed by atoms with Crippen LogP contribution in [0.1, 0.15) is 47.0 Å². The van der Waals surface area contributed by atoms with Crippen LogP contribution < -0.4 is 0 Å². The van der Waals surface area contributed by atoms with Crippen molar-refractivity contribution in [1.82, 2.24) is 0 Å². The summed E-state index contributed by atoms with van der Waals surface area (Å²) < 4.78 is 5.83. The molecule has 3 aliphatic carbocycles. The molecule has 2 aliphatic heterocycles. The Hall–Kier alpha value is -0.600. The number of Topliss-reactive ketones (excluding diaryl/α,β-unsaturated/α-hetero) is 2. The number of hydrogen-bond donors (Lipinski definition) is 3. The summed E-state index contributed by atoms with van der Waals surface area (Å²) in [4.78, 5) is 26.5. The van der Waals surface area contributed by atoms with E-state index in [9.17, 15) is 24.9 Å². The lowest BCUT2D eigenvalue weighted by Crippen LogP contribution is -2.87. The Kier molecular flexibility index (Phi) is 4.64.